The molecule has 4 aromatic rings. The number of para-hydroxylation sites is 1. The lowest BCUT2D eigenvalue weighted by atomic mass is 10.1. The molecule has 0 spiro atoms. The molecule has 0 aliphatic rings. The van der Waals surface area contributed by atoms with Crippen molar-refractivity contribution in [3.63, 3.8) is 0 Å². The Bertz CT molecular complexity index is 1610. The van der Waals surface area contributed by atoms with Gasteiger partial charge in [0, 0.05) is 11.6 Å². The van der Waals surface area contributed by atoms with Crippen LogP contribution in [-0.2, 0) is 17.5 Å². The van der Waals surface area contributed by atoms with E-state index in [-0.39, 0.29) is 35.1 Å². The lowest BCUT2D eigenvalue weighted by Gasteiger charge is -2.22. The number of hydrogen-bond donors (Lipinski definition) is 1. The smallest absolute Gasteiger partial charge is 0.350 e. The number of aromatic nitrogens is 2. The van der Waals surface area contributed by atoms with Crippen molar-refractivity contribution in [2.24, 2.45) is 0 Å². The van der Waals surface area contributed by atoms with Gasteiger partial charge in [0.05, 0.1) is 22.2 Å². The quantitative estimate of drug-likeness (QED) is 0.363. The summed E-state index contributed by atoms with van der Waals surface area (Å²) in [5.74, 6) is -0.570. The number of nitrogens with one attached hydrogen (secondary N) is 1. The minimum atomic E-state index is -4.51. The van der Waals surface area contributed by atoms with E-state index < -0.39 is 34.9 Å². The van der Waals surface area contributed by atoms with E-state index in [9.17, 15) is 27.6 Å². The maximum Gasteiger partial charge on any atom is 0.416 e. The summed E-state index contributed by atoms with van der Waals surface area (Å²) >= 11 is 6.25. The number of hydrogen-bond acceptors (Lipinski definition) is 3. The molecule has 6 nitrogen and oxygen atoms in total. The number of carbonyl (C=O) groups excluding carboxylic acids is 1. The fraction of sp³-hybridized carbons (Fsp3) is 0.222. The van der Waals surface area contributed by atoms with Crippen molar-refractivity contribution in [2.45, 2.75) is 39.0 Å². The molecule has 0 saturated heterocycles. The Morgan fingerprint density at radius 1 is 1.03 bits per heavy atom. The van der Waals surface area contributed by atoms with Gasteiger partial charge < -0.3 is 5.32 Å². The predicted molar refractivity (Wildman–Crippen MR) is 136 cm³/mol. The second-order valence-electron chi connectivity index (χ2n) is 8.58. The third kappa shape index (κ3) is 5.17. The van der Waals surface area contributed by atoms with Crippen molar-refractivity contribution in [3.8, 4) is 5.69 Å². The molecule has 1 N–H and O–H groups in total. The number of alkyl halides is 3. The number of benzene rings is 3. The van der Waals surface area contributed by atoms with Crippen LogP contribution in [0.2, 0.25) is 5.02 Å². The SMILES string of the molecule is CCC(C(=O)NCc1cccc(C(F)(F)F)c1)n1c(=O)n(-c2ccc(C)c(Cl)c2)c(=O)c2ccccc21. The predicted octanol–water partition coefficient (Wildman–Crippen LogP) is 5.40. The zero-order valence-corrected chi connectivity index (χ0v) is 20.7. The van der Waals surface area contributed by atoms with Gasteiger partial charge in [0.15, 0.2) is 0 Å². The zero-order chi connectivity index (χ0) is 26.9. The second-order valence-corrected chi connectivity index (χ2v) is 8.99. The van der Waals surface area contributed by atoms with Crippen LogP contribution in [0.15, 0.2) is 76.3 Å². The molecule has 0 fully saturated rings. The molecule has 0 radical (unpaired) electrons. The first kappa shape index (κ1) is 26.2. The Morgan fingerprint density at radius 2 is 1.76 bits per heavy atom. The molecule has 4 rings (SSSR count). The van der Waals surface area contributed by atoms with E-state index in [1.54, 1.807) is 50.2 Å². The molecule has 0 aliphatic carbocycles. The van der Waals surface area contributed by atoms with Crippen molar-refractivity contribution < 1.29 is 18.0 Å². The zero-order valence-electron chi connectivity index (χ0n) is 20.0. The van der Waals surface area contributed by atoms with Crippen LogP contribution in [0.5, 0.6) is 0 Å². The number of amides is 1. The van der Waals surface area contributed by atoms with E-state index in [0.29, 0.717) is 5.02 Å². The summed E-state index contributed by atoms with van der Waals surface area (Å²) in [6.07, 6.45) is -4.32. The molecule has 10 heteroatoms. The van der Waals surface area contributed by atoms with Crippen LogP contribution in [0.25, 0.3) is 16.6 Å². The molecule has 1 aromatic heterocycles. The molecule has 0 bridgehead atoms. The van der Waals surface area contributed by atoms with Crippen LogP contribution in [0.1, 0.15) is 36.1 Å². The third-order valence-corrected chi connectivity index (χ3v) is 6.54. The van der Waals surface area contributed by atoms with E-state index in [0.717, 1.165) is 22.3 Å². The summed E-state index contributed by atoms with van der Waals surface area (Å²) in [6, 6.07) is 14.8. The average Bonchev–Trinajstić information content (AvgIpc) is 2.87. The van der Waals surface area contributed by atoms with E-state index in [4.69, 9.17) is 11.6 Å². The number of fused-ring (bicyclic) bond motifs is 1. The summed E-state index contributed by atoms with van der Waals surface area (Å²) in [5, 5.41) is 3.23. The van der Waals surface area contributed by atoms with Crippen LogP contribution < -0.4 is 16.6 Å². The topological polar surface area (TPSA) is 73.1 Å². The normalized spacial score (nSPS) is 12.5. The molecule has 1 unspecified atom stereocenters. The van der Waals surface area contributed by atoms with Crippen molar-refractivity contribution in [1.82, 2.24) is 14.5 Å². The fourth-order valence-electron chi connectivity index (χ4n) is 4.18. The first-order valence-electron chi connectivity index (χ1n) is 11.5. The molecular formula is C27H23ClF3N3O3. The van der Waals surface area contributed by atoms with Gasteiger partial charge in [-0.2, -0.15) is 13.2 Å². The molecule has 1 amide bonds. The Kier molecular flexibility index (Phi) is 7.27. The highest BCUT2D eigenvalue weighted by atomic mass is 35.5. The van der Waals surface area contributed by atoms with Gasteiger partial charge in [-0.15, -0.1) is 0 Å². The molecule has 37 heavy (non-hydrogen) atoms. The lowest BCUT2D eigenvalue weighted by Crippen LogP contribution is -2.44. The monoisotopic (exact) mass is 529 g/mol. The second kappa shape index (κ2) is 10.3. The molecule has 192 valence electrons. The third-order valence-electron chi connectivity index (χ3n) is 6.13. The van der Waals surface area contributed by atoms with Crippen molar-refractivity contribution in [2.75, 3.05) is 0 Å². The molecule has 0 saturated carbocycles. The van der Waals surface area contributed by atoms with Crippen LogP contribution in [-0.4, -0.2) is 15.0 Å². The highest BCUT2D eigenvalue weighted by Gasteiger charge is 2.30. The van der Waals surface area contributed by atoms with E-state index in [1.807, 2.05) is 0 Å². The molecular weight excluding hydrogens is 507 g/mol. The summed E-state index contributed by atoms with van der Waals surface area (Å²) in [5.41, 5.74) is -0.565. The standard InChI is InChI=1S/C27H23ClF3N3O3/c1-3-22(24(35)32-15-17-7-6-8-18(13-17)27(29,30)31)34-23-10-5-4-9-20(23)25(36)33(26(34)37)19-12-11-16(2)21(28)14-19/h4-14,22H,3,15H2,1-2H3,(H,32,35). The van der Waals surface area contributed by atoms with Crippen LogP contribution >= 0.6 is 11.6 Å². The van der Waals surface area contributed by atoms with Crippen molar-refractivity contribution in [3.05, 3.63) is 109 Å². The maximum absolute atomic E-state index is 13.7. The van der Waals surface area contributed by atoms with Gasteiger partial charge in [-0.05, 0) is 60.9 Å². The highest BCUT2D eigenvalue weighted by molar-refractivity contribution is 6.31. The first-order chi connectivity index (χ1) is 17.5. The minimum absolute atomic E-state index is 0.168. The summed E-state index contributed by atoms with van der Waals surface area (Å²) in [6.45, 7) is 3.32. The molecule has 1 heterocycles. The number of aryl methyl sites for hydroxylation is 1. The Hall–Kier alpha value is -3.85. The first-order valence-corrected chi connectivity index (χ1v) is 11.9. The van der Waals surface area contributed by atoms with Gasteiger partial charge in [-0.25, -0.2) is 9.36 Å². The molecule has 0 aliphatic heterocycles. The average molecular weight is 530 g/mol. The Balaban J connectivity index is 1.78. The Labute approximate surface area is 214 Å². The Morgan fingerprint density at radius 3 is 2.43 bits per heavy atom. The van der Waals surface area contributed by atoms with Crippen molar-refractivity contribution in [1.29, 1.82) is 0 Å². The number of carbonyl (C=O) groups is 1. The lowest BCUT2D eigenvalue weighted by molar-refractivity contribution is -0.137. The van der Waals surface area contributed by atoms with Crippen LogP contribution in [0, 0.1) is 6.92 Å². The van der Waals surface area contributed by atoms with Crippen LogP contribution in [0.4, 0.5) is 13.2 Å². The van der Waals surface area contributed by atoms with Gasteiger partial charge >= 0.3 is 11.9 Å². The summed E-state index contributed by atoms with van der Waals surface area (Å²) in [7, 11) is 0. The highest BCUT2D eigenvalue weighted by Crippen LogP contribution is 2.29. The fourth-order valence-corrected chi connectivity index (χ4v) is 4.36. The number of rotatable bonds is 6. The van der Waals surface area contributed by atoms with E-state index in [1.165, 1.54) is 22.8 Å². The van der Waals surface area contributed by atoms with Gasteiger partial charge in [-0.1, -0.05) is 48.9 Å². The number of nitrogens with zero attached hydrogens (tertiary/aromatic N) is 2. The largest absolute Gasteiger partial charge is 0.416 e. The number of halogens is 4. The van der Waals surface area contributed by atoms with Gasteiger partial charge in [-0.3, -0.25) is 14.2 Å². The van der Waals surface area contributed by atoms with Gasteiger partial charge in [0.25, 0.3) is 5.56 Å². The van der Waals surface area contributed by atoms with Gasteiger partial charge in [0.1, 0.15) is 6.04 Å². The van der Waals surface area contributed by atoms with Crippen molar-refractivity contribution >= 4 is 28.4 Å². The van der Waals surface area contributed by atoms with E-state index >= 15 is 0 Å². The molecule has 1 atom stereocenters. The summed E-state index contributed by atoms with van der Waals surface area (Å²) < 4.78 is 41.4. The van der Waals surface area contributed by atoms with E-state index in [2.05, 4.69) is 5.32 Å². The maximum atomic E-state index is 13.7. The minimum Gasteiger partial charge on any atom is -0.350 e. The summed E-state index contributed by atoms with van der Waals surface area (Å²) in [4.78, 5) is 40.3. The van der Waals surface area contributed by atoms with Crippen LogP contribution in [0.3, 0.4) is 0 Å². The molecule has 3 aromatic carbocycles. The van der Waals surface area contributed by atoms with Gasteiger partial charge in [0.2, 0.25) is 5.91 Å².